The van der Waals surface area contributed by atoms with Gasteiger partial charge in [-0.1, -0.05) is 26.8 Å². The summed E-state index contributed by atoms with van der Waals surface area (Å²) in [4.78, 5) is 22.7. The summed E-state index contributed by atoms with van der Waals surface area (Å²) >= 11 is 0. The molecular weight excluding hydrogens is 282 g/mol. The number of carbonyl (C=O) groups excluding carboxylic acids is 1. The number of aromatic carboxylic acids is 1. The van der Waals surface area contributed by atoms with E-state index in [-0.39, 0.29) is 16.9 Å². The molecule has 0 unspecified atom stereocenters. The van der Waals surface area contributed by atoms with Gasteiger partial charge in [0.1, 0.15) is 5.75 Å². The molecule has 1 aromatic rings. The molecular formula is C17H25NO4. The summed E-state index contributed by atoms with van der Waals surface area (Å²) in [6.45, 7) is 6.82. The van der Waals surface area contributed by atoms with E-state index in [9.17, 15) is 9.59 Å². The highest BCUT2D eigenvalue weighted by Crippen LogP contribution is 2.21. The summed E-state index contributed by atoms with van der Waals surface area (Å²) in [5.74, 6) is -0.416. The van der Waals surface area contributed by atoms with Crippen molar-refractivity contribution in [1.82, 2.24) is 5.32 Å². The number of rotatable bonds is 7. The summed E-state index contributed by atoms with van der Waals surface area (Å²) < 4.78 is 5.21. The van der Waals surface area contributed by atoms with Gasteiger partial charge in [0.05, 0.1) is 12.7 Å². The van der Waals surface area contributed by atoms with Crippen LogP contribution in [-0.4, -0.2) is 30.6 Å². The zero-order chi connectivity index (χ0) is 16.8. The maximum Gasteiger partial charge on any atom is 0.335 e. The Morgan fingerprint density at radius 2 is 1.95 bits per heavy atom. The number of ether oxygens (including phenoxy) is 1. The molecule has 0 fully saturated rings. The van der Waals surface area contributed by atoms with Crippen LogP contribution in [0, 0.1) is 5.41 Å². The van der Waals surface area contributed by atoms with Crippen LogP contribution >= 0.6 is 0 Å². The van der Waals surface area contributed by atoms with Crippen LogP contribution in [0.2, 0.25) is 0 Å². The fourth-order valence-electron chi connectivity index (χ4n) is 2.00. The lowest BCUT2D eigenvalue weighted by atomic mass is 9.90. The molecule has 2 N–H and O–H groups in total. The van der Waals surface area contributed by atoms with Crippen molar-refractivity contribution in [1.29, 1.82) is 0 Å². The Morgan fingerprint density at radius 1 is 1.27 bits per heavy atom. The zero-order valence-corrected chi connectivity index (χ0v) is 13.7. The lowest BCUT2D eigenvalue weighted by Crippen LogP contribution is -2.26. The van der Waals surface area contributed by atoms with Crippen LogP contribution in [0.3, 0.4) is 0 Å². The second-order valence-electron chi connectivity index (χ2n) is 6.49. The molecule has 0 aliphatic heterocycles. The van der Waals surface area contributed by atoms with Gasteiger partial charge in [-0.15, -0.1) is 0 Å². The molecule has 22 heavy (non-hydrogen) atoms. The Morgan fingerprint density at radius 3 is 2.50 bits per heavy atom. The Labute approximate surface area is 131 Å². The number of benzene rings is 1. The Kier molecular flexibility index (Phi) is 6.40. The molecule has 0 saturated carbocycles. The van der Waals surface area contributed by atoms with Crippen LogP contribution in [0.1, 0.15) is 49.5 Å². The van der Waals surface area contributed by atoms with Crippen molar-refractivity contribution in [2.24, 2.45) is 5.41 Å². The van der Waals surface area contributed by atoms with E-state index in [0.717, 1.165) is 12.0 Å². The minimum Gasteiger partial charge on any atom is -0.496 e. The second kappa shape index (κ2) is 7.82. The number of amides is 1. The maximum atomic E-state index is 11.8. The molecule has 1 rings (SSSR count). The van der Waals surface area contributed by atoms with Crippen molar-refractivity contribution in [2.75, 3.05) is 13.7 Å². The quantitative estimate of drug-likeness (QED) is 0.812. The molecule has 0 radical (unpaired) electrons. The third-order valence-corrected chi connectivity index (χ3v) is 3.35. The third kappa shape index (κ3) is 6.16. The van der Waals surface area contributed by atoms with E-state index >= 15 is 0 Å². The van der Waals surface area contributed by atoms with Gasteiger partial charge in [0.25, 0.3) is 0 Å². The summed E-state index contributed by atoms with van der Waals surface area (Å²) in [6, 6.07) is 4.77. The Hall–Kier alpha value is -2.04. The average Bonchev–Trinajstić information content (AvgIpc) is 2.44. The van der Waals surface area contributed by atoms with Crippen molar-refractivity contribution in [3.63, 3.8) is 0 Å². The number of hydrogen-bond donors (Lipinski definition) is 2. The van der Waals surface area contributed by atoms with Crippen molar-refractivity contribution in [2.45, 2.75) is 40.0 Å². The topological polar surface area (TPSA) is 75.6 Å². The zero-order valence-electron chi connectivity index (χ0n) is 13.7. The number of carboxylic acid groups (broad SMARTS) is 1. The number of carbonyl (C=O) groups is 2. The predicted molar refractivity (Wildman–Crippen MR) is 85.4 cm³/mol. The highest BCUT2D eigenvalue weighted by atomic mass is 16.5. The summed E-state index contributed by atoms with van der Waals surface area (Å²) in [6.07, 6.45) is 1.96. The van der Waals surface area contributed by atoms with Crippen LogP contribution in [0.4, 0.5) is 0 Å². The van der Waals surface area contributed by atoms with E-state index in [1.807, 2.05) is 0 Å². The fourth-order valence-corrected chi connectivity index (χ4v) is 2.00. The number of hydrogen-bond acceptors (Lipinski definition) is 3. The molecule has 0 aromatic heterocycles. The van der Waals surface area contributed by atoms with Gasteiger partial charge in [0.15, 0.2) is 0 Å². The summed E-state index contributed by atoms with van der Waals surface area (Å²) in [5, 5.41) is 11.8. The third-order valence-electron chi connectivity index (χ3n) is 3.35. The molecule has 5 nitrogen and oxygen atoms in total. The van der Waals surface area contributed by atoms with Crippen molar-refractivity contribution in [3.8, 4) is 5.75 Å². The van der Waals surface area contributed by atoms with E-state index < -0.39 is 5.97 Å². The van der Waals surface area contributed by atoms with Crippen LogP contribution in [-0.2, 0) is 11.2 Å². The smallest absolute Gasteiger partial charge is 0.335 e. The first-order valence-corrected chi connectivity index (χ1v) is 7.40. The highest BCUT2D eigenvalue weighted by molar-refractivity contribution is 5.88. The lowest BCUT2D eigenvalue weighted by molar-refractivity contribution is -0.121. The van der Waals surface area contributed by atoms with E-state index in [2.05, 4.69) is 26.1 Å². The second-order valence-corrected chi connectivity index (χ2v) is 6.49. The minimum atomic E-state index is -0.986. The van der Waals surface area contributed by atoms with Gasteiger partial charge in [0.2, 0.25) is 5.91 Å². The lowest BCUT2D eigenvalue weighted by Gasteiger charge is -2.17. The highest BCUT2D eigenvalue weighted by Gasteiger charge is 2.13. The van der Waals surface area contributed by atoms with E-state index in [4.69, 9.17) is 9.84 Å². The van der Waals surface area contributed by atoms with Gasteiger partial charge in [-0.2, -0.15) is 0 Å². The van der Waals surface area contributed by atoms with E-state index in [1.54, 1.807) is 12.1 Å². The van der Waals surface area contributed by atoms with Gasteiger partial charge in [-0.05, 0) is 36.0 Å². The maximum absolute atomic E-state index is 11.8. The standard InChI is InChI=1S/C17H25NO4/c1-17(2,3)9-7-15(19)18-10-8-12-5-6-13(16(20)21)11-14(12)22-4/h5-6,11H,7-10H2,1-4H3,(H,18,19)(H,20,21). The van der Waals surface area contributed by atoms with E-state index in [0.29, 0.717) is 25.1 Å². The van der Waals surface area contributed by atoms with Gasteiger partial charge >= 0.3 is 5.97 Å². The predicted octanol–water partition coefficient (Wildman–Crippen LogP) is 2.88. The molecule has 0 bridgehead atoms. The number of carboxylic acids is 1. The fraction of sp³-hybridized carbons (Fsp3) is 0.529. The molecule has 1 aromatic carbocycles. The average molecular weight is 307 g/mol. The van der Waals surface area contributed by atoms with Crippen LogP contribution in [0.5, 0.6) is 5.75 Å². The molecule has 0 heterocycles. The number of methoxy groups -OCH3 is 1. The first kappa shape index (κ1) is 18.0. The first-order chi connectivity index (χ1) is 10.2. The monoisotopic (exact) mass is 307 g/mol. The van der Waals surface area contributed by atoms with Crippen LogP contribution < -0.4 is 10.1 Å². The van der Waals surface area contributed by atoms with Crippen molar-refractivity contribution < 1.29 is 19.4 Å². The summed E-state index contributed by atoms with van der Waals surface area (Å²) in [7, 11) is 1.51. The molecule has 0 atom stereocenters. The van der Waals surface area contributed by atoms with Gasteiger partial charge in [-0.3, -0.25) is 4.79 Å². The molecule has 0 saturated heterocycles. The Balaban J connectivity index is 2.51. The normalized spacial score (nSPS) is 11.1. The van der Waals surface area contributed by atoms with Gasteiger partial charge in [0, 0.05) is 13.0 Å². The SMILES string of the molecule is COc1cc(C(=O)O)ccc1CCNC(=O)CCC(C)(C)C. The summed E-state index contributed by atoms with van der Waals surface area (Å²) in [5.41, 5.74) is 1.21. The molecule has 5 heteroatoms. The largest absolute Gasteiger partial charge is 0.496 e. The van der Waals surface area contributed by atoms with Gasteiger partial charge < -0.3 is 15.2 Å². The van der Waals surface area contributed by atoms with Crippen LogP contribution in [0.15, 0.2) is 18.2 Å². The molecule has 0 aliphatic rings. The molecule has 122 valence electrons. The first-order valence-electron chi connectivity index (χ1n) is 7.40. The minimum absolute atomic E-state index is 0.0380. The van der Waals surface area contributed by atoms with Crippen LogP contribution in [0.25, 0.3) is 0 Å². The molecule has 1 amide bonds. The van der Waals surface area contributed by atoms with E-state index in [1.165, 1.54) is 13.2 Å². The Bertz CT molecular complexity index is 532. The molecule has 0 aliphatic carbocycles. The molecule has 0 spiro atoms. The number of nitrogens with one attached hydrogen (secondary N) is 1. The van der Waals surface area contributed by atoms with Crippen molar-refractivity contribution in [3.05, 3.63) is 29.3 Å². The van der Waals surface area contributed by atoms with Crippen molar-refractivity contribution >= 4 is 11.9 Å². The van der Waals surface area contributed by atoms with Gasteiger partial charge in [-0.25, -0.2) is 4.79 Å².